The highest BCUT2D eigenvalue weighted by Crippen LogP contribution is 2.30. The fraction of sp³-hybridized carbons (Fsp3) is 0.353. The topological polar surface area (TPSA) is 80.5 Å². The molecule has 24 heavy (non-hydrogen) atoms. The van der Waals surface area contributed by atoms with Crippen LogP contribution in [-0.4, -0.2) is 31.7 Å². The Balaban J connectivity index is 1.71. The standard InChI is InChI=1S/C17H20N2O3S2/c1-12-6-8-23-17(12)24(21,22)19-7-5-14(11-19)9-13-3-2-4-15(10-13)16(18)20/h2-4,6,8,10,14H,5,7,9,11H2,1H3,(H2,18,20). The maximum atomic E-state index is 12.7. The Hall–Kier alpha value is -1.70. The summed E-state index contributed by atoms with van der Waals surface area (Å²) < 4.78 is 27.5. The van der Waals surface area contributed by atoms with Crippen molar-refractivity contribution in [1.82, 2.24) is 4.31 Å². The molecule has 128 valence electrons. The van der Waals surface area contributed by atoms with Gasteiger partial charge >= 0.3 is 0 Å². The van der Waals surface area contributed by atoms with Gasteiger partial charge in [0.2, 0.25) is 5.91 Å². The number of sulfonamides is 1. The van der Waals surface area contributed by atoms with Crippen LogP contribution >= 0.6 is 11.3 Å². The van der Waals surface area contributed by atoms with Gasteiger partial charge in [0.15, 0.2) is 0 Å². The van der Waals surface area contributed by atoms with Gasteiger partial charge in [-0.1, -0.05) is 12.1 Å². The minimum Gasteiger partial charge on any atom is -0.366 e. The van der Waals surface area contributed by atoms with Gasteiger partial charge in [-0.25, -0.2) is 8.42 Å². The molecule has 2 heterocycles. The van der Waals surface area contributed by atoms with E-state index in [2.05, 4.69) is 0 Å². The zero-order chi connectivity index (χ0) is 17.3. The van der Waals surface area contributed by atoms with Crippen LogP contribution in [0, 0.1) is 12.8 Å². The number of aryl methyl sites for hydroxylation is 1. The second-order valence-corrected chi connectivity index (χ2v) is 9.23. The highest BCUT2D eigenvalue weighted by Gasteiger charge is 2.34. The van der Waals surface area contributed by atoms with E-state index < -0.39 is 15.9 Å². The van der Waals surface area contributed by atoms with Crippen LogP contribution in [0.1, 0.15) is 27.9 Å². The molecule has 0 aliphatic carbocycles. The number of hydrogen-bond acceptors (Lipinski definition) is 4. The summed E-state index contributed by atoms with van der Waals surface area (Å²) in [6, 6.07) is 9.08. The molecule has 0 radical (unpaired) electrons. The lowest BCUT2D eigenvalue weighted by Gasteiger charge is -2.16. The molecule has 1 fully saturated rings. The van der Waals surface area contributed by atoms with E-state index in [0.29, 0.717) is 22.9 Å². The maximum absolute atomic E-state index is 12.7. The van der Waals surface area contributed by atoms with Crippen LogP contribution < -0.4 is 5.73 Å². The molecule has 1 aliphatic heterocycles. The zero-order valence-electron chi connectivity index (χ0n) is 13.4. The number of nitrogens with zero attached hydrogens (tertiary/aromatic N) is 1. The Kier molecular flexibility index (Phi) is 4.76. The van der Waals surface area contributed by atoms with Crippen molar-refractivity contribution in [2.75, 3.05) is 13.1 Å². The fourth-order valence-electron chi connectivity index (χ4n) is 3.11. The van der Waals surface area contributed by atoms with E-state index in [0.717, 1.165) is 24.0 Å². The minimum absolute atomic E-state index is 0.253. The van der Waals surface area contributed by atoms with E-state index in [-0.39, 0.29) is 5.92 Å². The number of carbonyl (C=O) groups is 1. The summed E-state index contributed by atoms with van der Waals surface area (Å²) in [7, 11) is -3.40. The summed E-state index contributed by atoms with van der Waals surface area (Å²) in [5.41, 5.74) is 7.62. The normalized spacial score (nSPS) is 18.8. The molecule has 1 unspecified atom stereocenters. The molecule has 0 saturated carbocycles. The van der Waals surface area contributed by atoms with Crippen LogP contribution in [0.2, 0.25) is 0 Å². The van der Waals surface area contributed by atoms with Gasteiger partial charge in [0, 0.05) is 18.7 Å². The maximum Gasteiger partial charge on any atom is 0.252 e. The molecule has 2 N–H and O–H groups in total. The highest BCUT2D eigenvalue weighted by atomic mass is 32.2. The van der Waals surface area contributed by atoms with Crippen molar-refractivity contribution in [3.05, 3.63) is 52.4 Å². The van der Waals surface area contributed by atoms with Crippen molar-refractivity contribution in [1.29, 1.82) is 0 Å². The Morgan fingerprint density at radius 2 is 2.17 bits per heavy atom. The first-order valence-corrected chi connectivity index (χ1v) is 10.1. The van der Waals surface area contributed by atoms with Gasteiger partial charge in [0.1, 0.15) is 4.21 Å². The Morgan fingerprint density at radius 1 is 1.38 bits per heavy atom. The smallest absolute Gasteiger partial charge is 0.252 e. The molecule has 3 rings (SSSR count). The van der Waals surface area contributed by atoms with Crippen LogP contribution in [0.3, 0.4) is 0 Å². The summed E-state index contributed by atoms with van der Waals surface area (Å²) in [5.74, 6) is -0.191. The SMILES string of the molecule is Cc1ccsc1S(=O)(=O)N1CCC(Cc2cccc(C(N)=O)c2)C1. The third-order valence-corrected chi connectivity index (χ3v) is 7.90. The van der Waals surface area contributed by atoms with Crippen LogP contribution in [-0.2, 0) is 16.4 Å². The fourth-order valence-corrected chi connectivity index (χ4v) is 6.19. The van der Waals surface area contributed by atoms with Crippen molar-refractivity contribution in [2.45, 2.75) is 24.0 Å². The summed E-state index contributed by atoms with van der Waals surface area (Å²) in [6.07, 6.45) is 1.57. The van der Waals surface area contributed by atoms with E-state index >= 15 is 0 Å². The summed E-state index contributed by atoms with van der Waals surface area (Å²) >= 11 is 1.27. The van der Waals surface area contributed by atoms with Gasteiger partial charge in [-0.3, -0.25) is 4.79 Å². The first kappa shape index (κ1) is 17.1. The van der Waals surface area contributed by atoms with E-state index in [1.165, 1.54) is 11.3 Å². The average molecular weight is 364 g/mol. The zero-order valence-corrected chi connectivity index (χ0v) is 15.1. The molecule has 2 aromatic rings. The molecular weight excluding hydrogens is 344 g/mol. The van der Waals surface area contributed by atoms with Crippen LogP contribution in [0.15, 0.2) is 39.9 Å². The third-order valence-electron chi connectivity index (χ3n) is 4.37. The molecule has 1 saturated heterocycles. The van der Waals surface area contributed by atoms with Gasteiger partial charge in [-0.15, -0.1) is 11.3 Å². The quantitative estimate of drug-likeness (QED) is 0.885. The summed E-state index contributed by atoms with van der Waals surface area (Å²) in [4.78, 5) is 11.3. The number of carbonyl (C=O) groups excluding carboxylic acids is 1. The van der Waals surface area contributed by atoms with Crippen molar-refractivity contribution < 1.29 is 13.2 Å². The monoisotopic (exact) mass is 364 g/mol. The van der Waals surface area contributed by atoms with Crippen LogP contribution in [0.25, 0.3) is 0 Å². The third kappa shape index (κ3) is 3.38. The number of primary amides is 1. The molecule has 7 heteroatoms. The van der Waals surface area contributed by atoms with E-state index in [1.807, 2.05) is 30.5 Å². The molecule has 5 nitrogen and oxygen atoms in total. The Bertz CT molecular complexity index is 858. The molecule has 1 aliphatic rings. The largest absolute Gasteiger partial charge is 0.366 e. The van der Waals surface area contributed by atoms with Crippen molar-refractivity contribution in [3.8, 4) is 0 Å². The van der Waals surface area contributed by atoms with Gasteiger partial charge in [0.05, 0.1) is 0 Å². The summed E-state index contributed by atoms with van der Waals surface area (Å²) in [6.45, 7) is 2.88. The van der Waals surface area contributed by atoms with E-state index in [1.54, 1.807) is 16.4 Å². The van der Waals surface area contributed by atoms with E-state index in [4.69, 9.17) is 5.73 Å². The minimum atomic E-state index is -3.40. The summed E-state index contributed by atoms with van der Waals surface area (Å²) in [5, 5.41) is 1.81. The second kappa shape index (κ2) is 6.66. The molecular formula is C17H20N2O3S2. The number of amides is 1. The first-order chi connectivity index (χ1) is 11.4. The Morgan fingerprint density at radius 3 is 2.83 bits per heavy atom. The van der Waals surface area contributed by atoms with Crippen LogP contribution in [0.4, 0.5) is 0 Å². The number of hydrogen-bond donors (Lipinski definition) is 1. The molecule has 1 amide bonds. The molecule has 1 aromatic carbocycles. The van der Waals surface area contributed by atoms with Gasteiger partial charge in [0.25, 0.3) is 10.0 Å². The van der Waals surface area contributed by atoms with Crippen molar-refractivity contribution in [3.63, 3.8) is 0 Å². The predicted molar refractivity (Wildman–Crippen MR) is 94.6 cm³/mol. The first-order valence-electron chi connectivity index (χ1n) is 7.81. The number of nitrogens with two attached hydrogens (primary N) is 1. The lowest BCUT2D eigenvalue weighted by atomic mass is 9.97. The predicted octanol–water partition coefficient (Wildman–Crippen LogP) is 2.41. The molecule has 0 spiro atoms. The second-order valence-electron chi connectivity index (χ2n) is 6.18. The van der Waals surface area contributed by atoms with E-state index in [9.17, 15) is 13.2 Å². The molecule has 1 aromatic heterocycles. The number of benzene rings is 1. The van der Waals surface area contributed by atoms with Gasteiger partial charge in [-0.05, 0) is 60.4 Å². The van der Waals surface area contributed by atoms with Gasteiger partial charge in [-0.2, -0.15) is 4.31 Å². The average Bonchev–Trinajstić information content (AvgIpc) is 3.17. The number of thiophene rings is 1. The van der Waals surface area contributed by atoms with Gasteiger partial charge < -0.3 is 5.73 Å². The highest BCUT2D eigenvalue weighted by molar-refractivity contribution is 7.91. The van der Waals surface area contributed by atoms with Crippen LogP contribution in [0.5, 0.6) is 0 Å². The Labute approximate surface area is 146 Å². The van der Waals surface area contributed by atoms with Crippen molar-refractivity contribution >= 4 is 27.3 Å². The van der Waals surface area contributed by atoms with Crippen molar-refractivity contribution in [2.24, 2.45) is 11.7 Å². The molecule has 1 atom stereocenters. The lowest BCUT2D eigenvalue weighted by Crippen LogP contribution is -2.29. The molecule has 0 bridgehead atoms. The lowest BCUT2D eigenvalue weighted by molar-refractivity contribution is 0.1000. The number of rotatable bonds is 5.